The number of benzene rings is 1. The molecular formula is C13H18F3NO2S2. The molecule has 0 amide bonds. The predicted molar refractivity (Wildman–Crippen MR) is 80.1 cm³/mol. The van der Waals surface area contributed by atoms with Crippen molar-refractivity contribution in [1.82, 2.24) is 0 Å². The minimum absolute atomic E-state index is 0.00276. The van der Waals surface area contributed by atoms with E-state index in [1.54, 1.807) is 20.8 Å². The van der Waals surface area contributed by atoms with Gasteiger partial charge in [-0.3, -0.25) is 0 Å². The van der Waals surface area contributed by atoms with Gasteiger partial charge >= 0.3 is 6.18 Å². The molecule has 0 aliphatic carbocycles. The van der Waals surface area contributed by atoms with Crippen molar-refractivity contribution in [1.29, 1.82) is 0 Å². The normalized spacial score (nSPS) is 13.4. The van der Waals surface area contributed by atoms with Gasteiger partial charge in [-0.15, -0.1) is 11.8 Å². The molecule has 0 radical (unpaired) electrons. The van der Waals surface area contributed by atoms with Crippen LogP contribution in [0.1, 0.15) is 26.3 Å². The minimum Gasteiger partial charge on any atom is -0.398 e. The highest BCUT2D eigenvalue weighted by atomic mass is 32.2. The monoisotopic (exact) mass is 341 g/mol. The van der Waals surface area contributed by atoms with Gasteiger partial charge < -0.3 is 5.73 Å². The maximum atomic E-state index is 12.5. The van der Waals surface area contributed by atoms with Crippen LogP contribution in [-0.2, 0) is 16.0 Å². The molecule has 0 bridgehead atoms. The molecule has 0 fully saturated rings. The molecule has 8 heteroatoms. The van der Waals surface area contributed by atoms with Gasteiger partial charge in [-0.25, -0.2) is 8.42 Å². The van der Waals surface area contributed by atoms with Crippen LogP contribution in [-0.4, -0.2) is 24.7 Å². The van der Waals surface area contributed by atoms with E-state index in [-0.39, 0.29) is 17.2 Å². The Hall–Kier alpha value is -0.890. The van der Waals surface area contributed by atoms with Crippen LogP contribution in [0.2, 0.25) is 0 Å². The Kier molecular flexibility index (Phi) is 5.26. The number of nitrogen functional groups attached to an aromatic ring is 1. The molecule has 2 N–H and O–H groups in total. The highest BCUT2D eigenvalue weighted by molar-refractivity contribution is 8.01. The van der Waals surface area contributed by atoms with Crippen LogP contribution in [0.15, 0.2) is 23.1 Å². The molecular weight excluding hydrogens is 323 g/mol. The first-order valence-corrected chi connectivity index (χ1v) is 8.80. The van der Waals surface area contributed by atoms with E-state index < -0.39 is 26.3 Å². The highest BCUT2D eigenvalue weighted by Gasteiger charge is 2.31. The molecule has 0 atom stereocenters. The lowest BCUT2D eigenvalue weighted by Crippen LogP contribution is -2.31. The van der Waals surface area contributed by atoms with Crippen LogP contribution in [0.4, 0.5) is 18.9 Å². The summed E-state index contributed by atoms with van der Waals surface area (Å²) in [6.07, 6.45) is -4.44. The van der Waals surface area contributed by atoms with Crippen LogP contribution >= 0.6 is 11.8 Å². The third kappa shape index (κ3) is 4.81. The number of alkyl halides is 3. The lowest BCUT2D eigenvalue weighted by Gasteiger charge is -2.19. The Balaban J connectivity index is 2.74. The Morgan fingerprint density at radius 1 is 1.19 bits per heavy atom. The standard InChI is InChI=1S/C13H18F3NO2S2/c1-12(2,3)21(18,19)7-6-20-11-5-4-9(8-10(11)17)13(14,15)16/h4-5,8H,6-7,17H2,1-3H3. The number of hydrogen-bond acceptors (Lipinski definition) is 4. The van der Waals surface area contributed by atoms with Gasteiger partial charge in [0.15, 0.2) is 9.84 Å². The van der Waals surface area contributed by atoms with Crippen molar-refractivity contribution in [2.45, 2.75) is 36.6 Å². The maximum Gasteiger partial charge on any atom is 0.416 e. The van der Waals surface area contributed by atoms with Gasteiger partial charge in [0.25, 0.3) is 0 Å². The predicted octanol–water partition coefficient (Wildman–Crippen LogP) is 3.59. The fraction of sp³-hybridized carbons (Fsp3) is 0.538. The van der Waals surface area contributed by atoms with Crippen LogP contribution in [0, 0.1) is 0 Å². The molecule has 1 aromatic carbocycles. The molecule has 1 aromatic rings. The third-order valence-corrected chi connectivity index (χ3v) is 6.84. The van der Waals surface area contributed by atoms with E-state index in [4.69, 9.17) is 5.73 Å². The first-order chi connectivity index (χ1) is 9.34. The summed E-state index contributed by atoms with van der Waals surface area (Å²) in [5.41, 5.74) is 4.77. The Bertz CT molecular complexity index is 605. The number of rotatable bonds is 4. The van der Waals surface area contributed by atoms with Crippen molar-refractivity contribution in [2.75, 3.05) is 17.2 Å². The van der Waals surface area contributed by atoms with Gasteiger partial charge in [0, 0.05) is 16.3 Å². The second-order valence-corrected chi connectivity index (χ2v) is 9.53. The minimum atomic E-state index is -4.44. The van der Waals surface area contributed by atoms with E-state index in [1.165, 1.54) is 6.07 Å². The van der Waals surface area contributed by atoms with E-state index in [1.807, 2.05) is 0 Å². The summed E-state index contributed by atoms with van der Waals surface area (Å²) in [5.74, 6) is 0.191. The molecule has 0 aliphatic rings. The summed E-state index contributed by atoms with van der Waals surface area (Å²) in [4.78, 5) is 0.451. The Morgan fingerprint density at radius 3 is 2.19 bits per heavy atom. The molecule has 21 heavy (non-hydrogen) atoms. The average molecular weight is 341 g/mol. The number of nitrogens with two attached hydrogens (primary N) is 1. The lowest BCUT2D eigenvalue weighted by atomic mass is 10.2. The fourth-order valence-corrected chi connectivity index (χ4v) is 3.86. The SMILES string of the molecule is CC(C)(C)S(=O)(=O)CCSc1ccc(C(F)(F)F)cc1N. The highest BCUT2D eigenvalue weighted by Crippen LogP contribution is 2.34. The van der Waals surface area contributed by atoms with E-state index in [0.717, 1.165) is 23.9 Å². The molecule has 0 aromatic heterocycles. The third-order valence-electron chi connectivity index (χ3n) is 2.88. The summed E-state index contributed by atoms with van der Waals surface area (Å²) in [7, 11) is -3.25. The molecule has 0 unspecified atom stereocenters. The lowest BCUT2D eigenvalue weighted by molar-refractivity contribution is -0.137. The second-order valence-electron chi connectivity index (χ2n) is 5.53. The number of hydrogen-bond donors (Lipinski definition) is 1. The van der Waals surface area contributed by atoms with Crippen molar-refractivity contribution in [3.8, 4) is 0 Å². The van der Waals surface area contributed by atoms with Crippen molar-refractivity contribution < 1.29 is 21.6 Å². The summed E-state index contributed by atoms with van der Waals surface area (Å²) in [5, 5.41) is 0. The quantitative estimate of drug-likeness (QED) is 0.671. The summed E-state index contributed by atoms with van der Waals surface area (Å²) in [6.45, 7) is 4.83. The zero-order valence-electron chi connectivity index (χ0n) is 12.0. The average Bonchev–Trinajstić information content (AvgIpc) is 2.28. The molecule has 0 spiro atoms. The van der Waals surface area contributed by atoms with E-state index >= 15 is 0 Å². The summed E-state index contributed by atoms with van der Waals surface area (Å²) in [6, 6.07) is 3.07. The van der Waals surface area contributed by atoms with Gasteiger partial charge in [-0.2, -0.15) is 13.2 Å². The number of sulfone groups is 1. The van der Waals surface area contributed by atoms with Crippen molar-refractivity contribution in [3.05, 3.63) is 23.8 Å². The first kappa shape index (κ1) is 18.2. The first-order valence-electron chi connectivity index (χ1n) is 6.16. The van der Waals surface area contributed by atoms with Crippen LogP contribution in [0.3, 0.4) is 0 Å². The molecule has 0 saturated heterocycles. The molecule has 0 aliphatic heterocycles. The van der Waals surface area contributed by atoms with E-state index in [2.05, 4.69) is 0 Å². The largest absolute Gasteiger partial charge is 0.416 e. The zero-order chi connectivity index (χ0) is 16.5. The van der Waals surface area contributed by atoms with Gasteiger partial charge in [-0.05, 0) is 39.0 Å². The Labute approximate surface area is 127 Å². The van der Waals surface area contributed by atoms with Gasteiger partial charge in [-0.1, -0.05) is 0 Å². The molecule has 0 saturated carbocycles. The van der Waals surface area contributed by atoms with Crippen molar-refractivity contribution in [3.63, 3.8) is 0 Å². The van der Waals surface area contributed by atoms with Gasteiger partial charge in [0.2, 0.25) is 0 Å². The number of anilines is 1. The molecule has 0 heterocycles. The fourth-order valence-electron chi connectivity index (χ4n) is 1.42. The van der Waals surface area contributed by atoms with Crippen molar-refractivity contribution >= 4 is 27.3 Å². The topological polar surface area (TPSA) is 60.2 Å². The molecule has 1 rings (SSSR count). The zero-order valence-corrected chi connectivity index (χ0v) is 13.6. The van der Waals surface area contributed by atoms with Crippen LogP contribution in [0.5, 0.6) is 0 Å². The molecule has 120 valence electrons. The van der Waals surface area contributed by atoms with E-state index in [9.17, 15) is 21.6 Å². The van der Waals surface area contributed by atoms with Crippen LogP contribution in [0.25, 0.3) is 0 Å². The summed E-state index contributed by atoms with van der Waals surface area (Å²) < 4.78 is 60.5. The number of thioether (sulfide) groups is 1. The van der Waals surface area contributed by atoms with E-state index in [0.29, 0.717) is 4.90 Å². The van der Waals surface area contributed by atoms with Crippen LogP contribution < -0.4 is 5.73 Å². The number of halogens is 3. The van der Waals surface area contributed by atoms with Gasteiger partial charge in [0.1, 0.15) is 0 Å². The summed E-state index contributed by atoms with van der Waals surface area (Å²) >= 11 is 1.14. The molecule has 3 nitrogen and oxygen atoms in total. The maximum absolute atomic E-state index is 12.5. The smallest absolute Gasteiger partial charge is 0.398 e. The van der Waals surface area contributed by atoms with Crippen molar-refractivity contribution in [2.24, 2.45) is 0 Å². The van der Waals surface area contributed by atoms with Gasteiger partial charge in [0.05, 0.1) is 16.1 Å². The second kappa shape index (κ2) is 6.08. The Morgan fingerprint density at radius 2 is 1.76 bits per heavy atom.